The lowest BCUT2D eigenvalue weighted by molar-refractivity contribution is 0.323. The minimum Gasteiger partial charge on any atom is -0.207 e. The fourth-order valence-corrected chi connectivity index (χ4v) is 4.01. The van der Waals surface area contributed by atoms with E-state index in [1.54, 1.807) is 28.6 Å². The highest BCUT2D eigenvalue weighted by Crippen LogP contribution is 2.23. The molecule has 0 aliphatic carbocycles. The van der Waals surface area contributed by atoms with E-state index in [-0.39, 0.29) is 10.9 Å². The Morgan fingerprint density at radius 1 is 1.05 bits per heavy atom. The fourth-order valence-electron chi connectivity index (χ4n) is 2.19. The van der Waals surface area contributed by atoms with Gasteiger partial charge in [0.1, 0.15) is 0 Å². The molecule has 0 aliphatic rings. The van der Waals surface area contributed by atoms with Gasteiger partial charge in [0, 0.05) is 17.6 Å². The van der Waals surface area contributed by atoms with Gasteiger partial charge in [-0.05, 0) is 43.2 Å². The molecule has 5 heteroatoms. The van der Waals surface area contributed by atoms with Crippen LogP contribution in [-0.4, -0.2) is 18.8 Å². The Balaban J connectivity index is 2.37. The van der Waals surface area contributed by atoms with Gasteiger partial charge in [0.15, 0.2) is 0 Å². The Morgan fingerprint density at radius 2 is 1.64 bits per heavy atom. The summed E-state index contributed by atoms with van der Waals surface area (Å²) < 4.78 is 27.4. The third kappa shape index (κ3) is 3.88. The van der Waals surface area contributed by atoms with Gasteiger partial charge in [0.25, 0.3) is 0 Å². The molecule has 118 valence electrons. The van der Waals surface area contributed by atoms with E-state index >= 15 is 0 Å². The lowest BCUT2D eigenvalue weighted by Crippen LogP contribution is -2.37. The smallest absolute Gasteiger partial charge is 0.207 e. The molecule has 2 rings (SSSR count). The molecule has 0 saturated carbocycles. The van der Waals surface area contributed by atoms with Crippen LogP contribution in [0.15, 0.2) is 59.5 Å². The molecule has 0 heterocycles. The zero-order chi connectivity index (χ0) is 16.2. The van der Waals surface area contributed by atoms with Crippen molar-refractivity contribution in [2.75, 3.05) is 0 Å². The van der Waals surface area contributed by atoms with Gasteiger partial charge in [-0.25, -0.2) is 8.42 Å². The summed E-state index contributed by atoms with van der Waals surface area (Å²) in [6.07, 6.45) is 0.750. The Morgan fingerprint density at radius 3 is 2.18 bits per heavy atom. The topological polar surface area (TPSA) is 37.4 Å². The number of benzene rings is 2. The van der Waals surface area contributed by atoms with Crippen LogP contribution in [0.3, 0.4) is 0 Å². The molecule has 3 nitrogen and oxygen atoms in total. The predicted octanol–water partition coefficient (Wildman–Crippen LogP) is 4.33. The second-order valence-electron chi connectivity index (χ2n) is 5.25. The fraction of sp³-hybridized carbons (Fsp3) is 0.294. The average molecular weight is 338 g/mol. The van der Waals surface area contributed by atoms with Crippen LogP contribution in [0.25, 0.3) is 0 Å². The highest BCUT2D eigenvalue weighted by Gasteiger charge is 2.28. The molecule has 0 amide bonds. The Hall–Kier alpha value is -1.36. The van der Waals surface area contributed by atoms with Gasteiger partial charge >= 0.3 is 0 Å². The second kappa shape index (κ2) is 7.27. The third-order valence-corrected chi connectivity index (χ3v) is 5.91. The number of hydrogen-bond acceptors (Lipinski definition) is 2. The number of halogens is 1. The molecule has 0 bridgehead atoms. The summed E-state index contributed by atoms with van der Waals surface area (Å²) in [6.45, 7) is 4.28. The van der Waals surface area contributed by atoms with Crippen LogP contribution < -0.4 is 0 Å². The van der Waals surface area contributed by atoms with Crippen molar-refractivity contribution in [3.8, 4) is 0 Å². The van der Waals surface area contributed by atoms with Gasteiger partial charge in [-0.15, -0.1) is 0 Å². The van der Waals surface area contributed by atoms with Crippen LogP contribution in [0.1, 0.15) is 25.8 Å². The third-order valence-electron chi connectivity index (χ3n) is 3.68. The van der Waals surface area contributed by atoms with Crippen LogP contribution in [0.2, 0.25) is 5.02 Å². The van der Waals surface area contributed by atoms with Crippen molar-refractivity contribution >= 4 is 21.6 Å². The molecule has 0 saturated heterocycles. The van der Waals surface area contributed by atoms with E-state index in [1.165, 1.54) is 0 Å². The minimum absolute atomic E-state index is 0.0825. The van der Waals surface area contributed by atoms with Crippen molar-refractivity contribution < 1.29 is 8.42 Å². The summed E-state index contributed by atoms with van der Waals surface area (Å²) in [5, 5.41) is 0.525. The lowest BCUT2D eigenvalue weighted by Gasteiger charge is -2.28. The average Bonchev–Trinajstić information content (AvgIpc) is 2.53. The van der Waals surface area contributed by atoms with Crippen molar-refractivity contribution in [3.05, 3.63) is 65.2 Å². The van der Waals surface area contributed by atoms with E-state index in [4.69, 9.17) is 11.6 Å². The molecule has 0 fully saturated rings. The molecule has 2 aromatic carbocycles. The van der Waals surface area contributed by atoms with Crippen LogP contribution in [0, 0.1) is 0 Å². The molecule has 0 radical (unpaired) electrons. The molecule has 0 N–H and O–H groups in total. The van der Waals surface area contributed by atoms with E-state index in [2.05, 4.69) is 0 Å². The quantitative estimate of drug-likeness (QED) is 0.786. The first-order valence-corrected chi connectivity index (χ1v) is 9.08. The molecule has 22 heavy (non-hydrogen) atoms. The maximum absolute atomic E-state index is 12.9. The second-order valence-corrected chi connectivity index (χ2v) is 7.57. The van der Waals surface area contributed by atoms with E-state index in [0.29, 0.717) is 11.6 Å². The molecule has 2 aromatic rings. The number of sulfonamides is 1. The van der Waals surface area contributed by atoms with Crippen molar-refractivity contribution in [2.24, 2.45) is 0 Å². The number of nitrogens with zero attached hydrogens (tertiary/aromatic N) is 1. The SMILES string of the molecule is CCC(C)N(Cc1ccccc1)S(=O)(=O)c1ccc(Cl)cc1. The summed E-state index contributed by atoms with van der Waals surface area (Å²) in [5.74, 6) is 0. The minimum atomic E-state index is -3.55. The Kier molecular flexibility index (Phi) is 5.62. The van der Waals surface area contributed by atoms with Crippen LogP contribution >= 0.6 is 11.6 Å². The van der Waals surface area contributed by atoms with E-state index < -0.39 is 10.0 Å². The van der Waals surface area contributed by atoms with Crippen molar-refractivity contribution in [1.29, 1.82) is 0 Å². The van der Waals surface area contributed by atoms with E-state index in [1.807, 2.05) is 44.2 Å². The molecule has 0 spiro atoms. The highest BCUT2D eigenvalue weighted by atomic mass is 35.5. The summed E-state index contributed by atoms with van der Waals surface area (Å²) in [7, 11) is -3.55. The zero-order valence-corrected chi connectivity index (χ0v) is 14.3. The summed E-state index contributed by atoms with van der Waals surface area (Å²) >= 11 is 5.85. The largest absolute Gasteiger partial charge is 0.243 e. The van der Waals surface area contributed by atoms with Crippen molar-refractivity contribution in [3.63, 3.8) is 0 Å². The normalized spacial score (nSPS) is 13.3. The lowest BCUT2D eigenvalue weighted by atomic mass is 10.2. The summed E-state index contributed by atoms with van der Waals surface area (Å²) in [5.41, 5.74) is 0.973. The zero-order valence-electron chi connectivity index (χ0n) is 12.7. The van der Waals surface area contributed by atoms with Crippen molar-refractivity contribution in [1.82, 2.24) is 4.31 Å². The van der Waals surface area contributed by atoms with Gasteiger partial charge in [0.2, 0.25) is 10.0 Å². The number of hydrogen-bond donors (Lipinski definition) is 0. The monoisotopic (exact) mass is 337 g/mol. The van der Waals surface area contributed by atoms with Crippen LogP contribution in [0.4, 0.5) is 0 Å². The van der Waals surface area contributed by atoms with Gasteiger partial charge < -0.3 is 0 Å². The Bertz CT molecular complexity index is 699. The first-order valence-electron chi connectivity index (χ1n) is 7.26. The summed E-state index contributed by atoms with van der Waals surface area (Å²) in [6, 6.07) is 15.9. The van der Waals surface area contributed by atoms with Gasteiger partial charge in [-0.3, -0.25) is 0 Å². The first-order chi connectivity index (χ1) is 10.4. The molecule has 0 aromatic heterocycles. The maximum atomic E-state index is 12.9. The van der Waals surface area contributed by atoms with E-state index in [0.717, 1.165) is 12.0 Å². The molecule has 0 aliphatic heterocycles. The molecule has 1 atom stereocenters. The molecular weight excluding hydrogens is 318 g/mol. The predicted molar refractivity (Wildman–Crippen MR) is 90.4 cm³/mol. The van der Waals surface area contributed by atoms with Gasteiger partial charge in [-0.2, -0.15) is 4.31 Å². The first kappa shape index (κ1) is 17.0. The summed E-state index contributed by atoms with van der Waals surface area (Å²) in [4.78, 5) is 0.271. The van der Waals surface area contributed by atoms with Gasteiger partial charge in [0.05, 0.1) is 4.90 Å². The van der Waals surface area contributed by atoms with Gasteiger partial charge in [-0.1, -0.05) is 48.9 Å². The maximum Gasteiger partial charge on any atom is 0.243 e. The van der Waals surface area contributed by atoms with E-state index in [9.17, 15) is 8.42 Å². The van der Waals surface area contributed by atoms with Crippen LogP contribution in [0.5, 0.6) is 0 Å². The van der Waals surface area contributed by atoms with Crippen molar-refractivity contribution in [2.45, 2.75) is 37.8 Å². The number of rotatable bonds is 6. The Labute approximate surface area is 137 Å². The van der Waals surface area contributed by atoms with Crippen LogP contribution in [-0.2, 0) is 16.6 Å². The molecular formula is C17H20ClNO2S. The standard InChI is InChI=1S/C17H20ClNO2S/c1-3-14(2)19(13-15-7-5-4-6-8-15)22(20,21)17-11-9-16(18)10-12-17/h4-12,14H,3,13H2,1-2H3. The highest BCUT2D eigenvalue weighted by molar-refractivity contribution is 7.89. The molecule has 1 unspecified atom stereocenters.